The van der Waals surface area contributed by atoms with Gasteiger partial charge < -0.3 is 15.8 Å². The van der Waals surface area contributed by atoms with Gasteiger partial charge in [-0.05, 0) is 50.3 Å². The van der Waals surface area contributed by atoms with Crippen LogP contribution in [-0.4, -0.2) is 25.2 Å². The van der Waals surface area contributed by atoms with E-state index in [2.05, 4.69) is 21.2 Å². The molecule has 2 unspecified atom stereocenters. The Morgan fingerprint density at radius 3 is 2.45 bits per heavy atom. The van der Waals surface area contributed by atoms with Gasteiger partial charge in [-0.25, -0.2) is 0 Å². The van der Waals surface area contributed by atoms with Gasteiger partial charge in [0.15, 0.2) is 0 Å². The molecule has 1 heterocycles. The lowest BCUT2D eigenvalue weighted by Gasteiger charge is -2.32. The molecular weight excluding hydrogens is 368 g/mol. The molecule has 3 N–H and O–H groups in total. The fraction of sp³-hybridized carbons (Fsp3) is 0.562. The molecule has 0 spiro atoms. The van der Waals surface area contributed by atoms with Gasteiger partial charge in [0.2, 0.25) is 5.91 Å². The number of amides is 1. The van der Waals surface area contributed by atoms with Gasteiger partial charge in [0, 0.05) is 23.7 Å². The average molecular weight is 392 g/mol. The van der Waals surface area contributed by atoms with Gasteiger partial charge in [0.1, 0.15) is 5.54 Å². The molecule has 1 aliphatic rings. The van der Waals surface area contributed by atoms with Crippen LogP contribution in [0.2, 0.25) is 0 Å². The third-order valence-corrected chi connectivity index (χ3v) is 4.78. The first kappa shape index (κ1) is 19.4. The van der Waals surface area contributed by atoms with Gasteiger partial charge in [-0.1, -0.05) is 28.1 Å². The van der Waals surface area contributed by atoms with Crippen molar-refractivity contribution in [3.63, 3.8) is 0 Å². The first-order valence-electron chi connectivity index (χ1n) is 7.35. The molecule has 1 amide bonds. The molecule has 22 heavy (non-hydrogen) atoms. The molecule has 1 aromatic carbocycles. The lowest BCUT2D eigenvalue weighted by Crippen LogP contribution is -2.53. The van der Waals surface area contributed by atoms with Crippen LogP contribution in [0.25, 0.3) is 0 Å². The summed E-state index contributed by atoms with van der Waals surface area (Å²) in [6.07, 6.45) is 1.97. The number of ether oxygens (including phenoxy) is 1. The smallest absolute Gasteiger partial charge is 0.244 e. The Bertz CT molecular complexity index is 487. The van der Waals surface area contributed by atoms with Crippen LogP contribution in [0.3, 0.4) is 0 Å². The maximum absolute atomic E-state index is 12.5. The zero-order valence-corrected chi connectivity index (χ0v) is 15.4. The second-order valence-electron chi connectivity index (χ2n) is 5.92. The van der Waals surface area contributed by atoms with Gasteiger partial charge in [-0.15, -0.1) is 12.4 Å². The van der Waals surface area contributed by atoms with Gasteiger partial charge in [0.25, 0.3) is 0 Å². The molecule has 0 bridgehead atoms. The number of rotatable bonds is 4. The minimum atomic E-state index is -1.03. The number of nitrogens with one attached hydrogen (secondary N) is 1. The van der Waals surface area contributed by atoms with Crippen LogP contribution in [0.4, 0.5) is 0 Å². The Morgan fingerprint density at radius 1 is 1.36 bits per heavy atom. The third-order valence-electron chi connectivity index (χ3n) is 4.25. The van der Waals surface area contributed by atoms with Crippen LogP contribution in [0.1, 0.15) is 32.3 Å². The normalized spacial score (nSPS) is 19.6. The second kappa shape index (κ2) is 8.29. The summed E-state index contributed by atoms with van der Waals surface area (Å²) >= 11 is 3.39. The van der Waals surface area contributed by atoms with E-state index in [1.165, 1.54) is 0 Å². The van der Waals surface area contributed by atoms with Gasteiger partial charge in [-0.2, -0.15) is 0 Å². The van der Waals surface area contributed by atoms with Crippen LogP contribution in [0.5, 0.6) is 0 Å². The van der Waals surface area contributed by atoms with Crippen molar-refractivity contribution in [2.24, 2.45) is 11.7 Å². The molecule has 1 aliphatic heterocycles. The van der Waals surface area contributed by atoms with E-state index in [9.17, 15) is 4.79 Å². The highest BCUT2D eigenvalue weighted by Crippen LogP contribution is 2.23. The van der Waals surface area contributed by atoms with Crippen molar-refractivity contribution in [1.82, 2.24) is 5.32 Å². The lowest BCUT2D eigenvalue weighted by molar-refractivity contribution is -0.127. The summed E-state index contributed by atoms with van der Waals surface area (Å²) in [6.45, 7) is 5.35. The molecule has 1 saturated heterocycles. The Kier molecular flexibility index (Phi) is 7.32. The Morgan fingerprint density at radius 2 is 1.91 bits per heavy atom. The van der Waals surface area contributed by atoms with E-state index in [1.807, 2.05) is 31.2 Å². The molecule has 6 heteroatoms. The lowest BCUT2D eigenvalue weighted by atomic mass is 9.89. The highest BCUT2D eigenvalue weighted by atomic mass is 79.9. The summed E-state index contributed by atoms with van der Waals surface area (Å²) < 4.78 is 6.33. The molecule has 1 aromatic rings. The highest BCUT2D eigenvalue weighted by Gasteiger charge is 2.33. The number of hydrogen-bond donors (Lipinski definition) is 2. The fourth-order valence-electron chi connectivity index (χ4n) is 2.62. The second-order valence-corrected chi connectivity index (χ2v) is 6.84. The van der Waals surface area contributed by atoms with E-state index in [-0.39, 0.29) is 24.4 Å². The van der Waals surface area contributed by atoms with Crippen molar-refractivity contribution in [2.45, 2.75) is 38.3 Å². The largest absolute Gasteiger partial charge is 0.381 e. The highest BCUT2D eigenvalue weighted by molar-refractivity contribution is 9.10. The van der Waals surface area contributed by atoms with Gasteiger partial charge in [-0.3, -0.25) is 4.79 Å². The zero-order chi connectivity index (χ0) is 15.5. The summed E-state index contributed by atoms with van der Waals surface area (Å²) in [6, 6.07) is 7.66. The summed E-state index contributed by atoms with van der Waals surface area (Å²) in [7, 11) is 0. The summed E-state index contributed by atoms with van der Waals surface area (Å²) in [5.74, 6) is 0.326. The van der Waals surface area contributed by atoms with Crippen molar-refractivity contribution in [1.29, 1.82) is 0 Å². The maximum Gasteiger partial charge on any atom is 0.244 e. The number of hydrogen-bond acceptors (Lipinski definition) is 3. The van der Waals surface area contributed by atoms with Crippen molar-refractivity contribution in [2.75, 3.05) is 13.2 Å². The molecule has 0 aliphatic carbocycles. The standard InChI is InChI=1S/C16H23BrN2O2.ClH/c1-11(12-7-9-21-10-8-12)19-15(20)16(2,18)13-3-5-14(17)6-4-13;/h3-6,11-12H,7-10,18H2,1-2H3,(H,19,20);1H. The number of carbonyl (C=O) groups is 1. The van der Waals surface area contributed by atoms with E-state index < -0.39 is 5.54 Å². The summed E-state index contributed by atoms with van der Waals surface area (Å²) in [4.78, 5) is 12.5. The maximum atomic E-state index is 12.5. The average Bonchev–Trinajstić information content (AvgIpc) is 2.48. The molecule has 1 fully saturated rings. The topological polar surface area (TPSA) is 64.4 Å². The predicted octanol–water partition coefficient (Wildman–Crippen LogP) is 2.98. The minimum absolute atomic E-state index is 0. The van der Waals surface area contributed by atoms with Crippen LogP contribution in [0.15, 0.2) is 28.7 Å². The number of nitrogens with two attached hydrogens (primary N) is 1. The number of halogens is 2. The Labute approximate surface area is 146 Å². The van der Waals surface area contributed by atoms with Crippen LogP contribution >= 0.6 is 28.3 Å². The van der Waals surface area contributed by atoms with E-state index >= 15 is 0 Å². The molecule has 4 nitrogen and oxygen atoms in total. The molecule has 0 aromatic heterocycles. The van der Waals surface area contributed by atoms with Crippen molar-refractivity contribution in [3.8, 4) is 0 Å². The summed E-state index contributed by atoms with van der Waals surface area (Å²) in [5, 5.41) is 3.07. The quantitative estimate of drug-likeness (QED) is 0.829. The molecule has 2 rings (SSSR count). The Balaban J connectivity index is 0.00000242. The van der Waals surface area contributed by atoms with Crippen LogP contribution in [-0.2, 0) is 15.1 Å². The van der Waals surface area contributed by atoms with Crippen molar-refractivity contribution >= 4 is 34.2 Å². The van der Waals surface area contributed by atoms with Crippen LogP contribution in [0, 0.1) is 5.92 Å². The van der Waals surface area contributed by atoms with Gasteiger partial charge in [0.05, 0.1) is 0 Å². The molecule has 124 valence electrons. The first-order chi connectivity index (χ1) is 9.91. The third kappa shape index (κ3) is 4.69. The Hall–Kier alpha value is -0.620. The van der Waals surface area contributed by atoms with Crippen molar-refractivity contribution < 1.29 is 9.53 Å². The van der Waals surface area contributed by atoms with Crippen LogP contribution < -0.4 is 11.1 Å². The molecule has 0 radical (unpaired) electrons. The number of carbonyl (C=O) groups excluding carboxylic acids is 1. The van der Waals surface area contributed by atoms with Gasteiger partial charge >= 0.3 is 0 Å². The molecule has 2 atom stereocenters. The molecular formula is C16H24BrClN2O2. The fourth-order valence-corrected chi connectivity index (χ4v) is 2.88. The summed E-state index contributed by atoms with van der Waals surface area (Å²) in [5.41, 5.74) is 6.04. The predicted molar refractivity (Wildman–Crippen MR) is 94.1 cm³/mol. The zero-order valence-electron chi connectivity index (χ0n) is 13.0. The SMILES string of the molecule is CC(NC(=O)C(C)(N)c1ccc(Br)cc1)C1CCOCC1.Cl. The van der Waals surface area contributed by atoms with E-state index in [0.29, 0.717) is 5.92 Å². The van der Waals surface area contributed by atoms with Crippen molar-refractivity contribution in [3.05, 3.63) is 34.3 Å². The minimum Gasteiger partial charge on any atom is -0.381 e. The first-order valence-corrected chi connectivity index (χ1v) is 8.14. The van der Waals surface area contributed by atoms with E-state index in [1.54, 1.807) is 6.92 Å². The van der Waals surface area contributed by atoms with E-state index in [4.69, 9.17) is 10.5 Å². The monoisotopic (exact) mass is 390 g/mol. The molecule has 0 saturated carbocycles. The number of benzene rings is 1. The van der Waals surface area contributed by atoms with E-state index in [0.717, 1.165) is 36.1 Å².